The van der Waals surface area contributed by atoms with Gasteiger partial charge >= 0.3 is 7.60 Å². The highest BCUT2D eigenvalue weighted by Gasteiger charge is 2.35. The molecule has 0 saturated carbocycles. The lowest BCUT2D eigenvalue weighted by Crippen LogP contribution is -2.07. The van der Waals surface area contributed by atoms with Gasteiger partial charge in [-0.15, -0.1) is 0 Å². The predicted molar refractivity (Wildman–Crippen MR) is 89.3 cm³/mol. The first kappa shape index (κ1) is 20.7. The molecule has 1 atom stereocenters. The Bertz CT molecular complexity index is 402. The highest BCUT2D eigenvalue weighted by atomic mass is 31.2. The van der Waals surface area contributed by atoms with Crippen molar-refractivity contribution in [1.82, 2.24) is 0 Å². The largest absolute Gasteiger partial charge is 0.345 e. The van der Waals surface area contributed by atoms with E-state index in [0.717, 1.165) is 12.8 Å². The van der Waals surface area contributed by atoms with E-state index in [-0.39, 0.29) is 21.7 Å². The normalized spacial score (nSPS) is 14.2. The van der Waals surface area contributed by atoms with Crippen molar-refractivity contribution in [2.45, 2.75) is 59.3 Å². The van der Waals surface area contributed by atoms with Gasteiger partial charge in [0.25, 0.3) is 0 Å². The van der Waals surface area contributed by atoms with Crippen molar-refractivity contribution in [1.29, 1.82) is 0 Å². The van der Waals surface area contributed by atoms with Crippen molar-refractivity contribution in [2.75, 3.05) is 13.2 Å². The minimum atomic E-state index is -3.31. The Hall–Kier alpha value is -0.270. The molecular formula is C15H28O4P2. The molecule has 0 aliphatic heterocycles. The first-order valence-corrected chi connectivity index (χ1v) is 9.89. The molecule has 0 radical (unpaired) electrons. The van der Waals surface area contributed by atoms with Crippen LogP contribution >= 0.6 is 16.1 Å². The molecular weight excluding hydrogens is 306 g/mol. The zero-order valence-electron chi connectivity index (χ0n) is 13.8. The van der Waals surface area contributed by atoms with Crippen molar-refractivity contribution in [3.63, 3.8) is 0 Å². The summed E-state index contributed by atoms with van der Waals surface area (Å²) in [5, 5.41) is -0.629. The molecule has 0 fully saturated rings. The van der Waals surface area contributed by atoms with Gasteiger partial charge in [0.15, 0.2) is 8.46 Å². The highest BCUT2D eigenvalue weighted by Crippen LogP contribution is 2.58. The van der Waals surface area contributed by atoms with Gasteiger partial charge in [0.05, 0.1) is 13.2 Å². The van der Waals surface area contributed by atoms with Crippen LogP contribution in [-0.4, -0.2) is 18.6 Å². The fourth-order valence-electron chi connectivity index (χ4n) is 1.80. The van der Waals surface area contributed by atoms with Crippen LogP contribution in [-0.2, 0) is 18.2 Å². The monoisotopic (exact) mass is 334 g/mol. The maximum atomic E-state index is 12.6. The fourth-order valence-corrected chi connectivity index (χ4v) is 4.35. The Kier molecular flexibility index (Phi) is 11.2. The van der Waals surface area contributed by atoms with Gasteiger partial charge in [-0.3, -0.25) is 9.13 Å². The number of allylic oxidation sites excluding steroid dienone is 4. The summed E-state index contributed by atoms with van der Waals surface area (Å²) < 4.78 is 34.4. The van der Waals surface area contributed by atoms with E-state index in [0.29, 0.717) is 6.42 Å². The molecule has 0 aromatic carbocycles. The molecule has 21 heavy (non-hydrogen) atoms. The molecule has 0 aromatic heterocycles. The van der Waals surface area contributed by atoms with E-state index < -0.39 is 13.0 Å². The number of hydrogen-bond donors (Lipinski definition) is 0. The Balaban J connectivity index is 4.70. The molecule has 0 bridgehead atoms. The molecule has 4 nitrogen and oxygen atoms in total. The second-order valence-electron chi connectivity index (χ2n) is 5.07. The van der Waals surface area contributed by atoms with Crippen LogP contribution in [0.1, 0.15) is 53.9 Å². The van der Waals surface area contributed by atoms with Gasteiger partial charge in [0.1, 0.15) is 5.40 Å². The Morgan fingerprint density at radius 3 is 2.14 bits per heavy atom. The maximum Gasteiger partial charge on any atom is 0.345 e. The van der Waals surface area contributed by atoms with Crippen LogP contribution in [0, 0.1) is 0 Å². The third-order valence-electron chi connectivity index (χ3n) is 2.87. The molecule has 0 saturated heterocycles. The van der Waals surface area contributed by atoms with Gasteiger partial charge in [-0.1, -0.05) is 23.3 Å². The highest BCUT2D eigenvalue weighted by molar-refractivity contribution is 7.63. The molecule has 0 N–H and O–H groups in total. The van der Waals surface area contributed by atoms with Crippen LogP contribution in [0.15, 0.2) is 23.3 Å². The van der Waals surface area contributed by atoms with E-state index in [2.05, 4.69) is 19.9 Å². The first-order chi connectivity index (χ1) is 9.89. The molecule has 0 aromatic rings. The lowest BCUT2D eigenvalue weighted by Gasteiger charge is -2.20. The molecule has 0 amide bonds. The van der Waals surface area contributed by atoms with Gasteiger partial charge in [-0.05, 0) is 53.9 Å². The second kappa shape index (κ2) is 11.3. The van der Waals surface area contributed by atoms with Crippen LogP contribution in [0.2, 0.25) is 0 Å². The fraction of sp³-hybridized carbons (Fsp3) is 0.733. The average Bonchev–Trinajstić information content (AvgIpc) is 2.39. The summed E-state index contributed by atoms with van der Waals surface area (Å²) >= 11 is 0. The van der Waals surface area contributed by atoms with Gasteiger partial charge < -0.3 is 9.05 Å². The summed E-state index contributed by atoms with van der Waals surface area (Å²) in [6.45, 7) is 10.3. The molecule has 0 rings (SSSR count). The minimum absolute atomic E-state index is 0.197. The van der Waals surface area contributed by atoms with Crippen LogP contribution in [0.5, 0.6) is 0 Å². The van der Waals surface area contributed by atoms with Crippen molar-refractivity contribution in [2.24, 2.45) is 0 Å². The smallest absolute Gasteiger partial charge is 0.308 e. The Labute approximate surface area is 130 Å². The predicted octanol–water partition coefficient (Wildman–Crippen LogP) is 5.95. The quantitative estimate of drug-likeness (QED) is 0.346. The molecule has 0 aliphatic carbocycles. The van der Waals surface area contributed by atoms with Crippen LogP contribution in [0.4, 0.5) is 0 Å². The third kappa shape index (κ3) is 8.68. The van der Waals surface area contributed by atoms with E-state index in [1.165, 1.54) is 11.1 Å². The minimum Gasteiger partial charge on any atom is -0.308 e. The van der Waals surface area contributed by atoms with E-state index >= 15 is 0 Å². The molecule has 0 aliphatic rings. The van der Waals surface area contributed by atoms with Gasteiger partial charge in [0.2, 0.25) is 0 Å². The summed E-state index contributed by atoms with van der Waals surface area (Å²) in [7, 11) is -3.51. The van der Waals surface area contributed by atoms with Crippen molar-refractivity contribution in [3.8, 4) is 0 Å². The summed E-state index contributed by atoms with van der Waals surface area (Å²) in [6.07, 6.45) is 6.54. The molecule has 0 heterocycles. The van der Waals surface area contributed by atoms with Gasteiger partial charge in [-0.25, -0.2) is 0 Å². The number of hydrogen-bond acceptors (Lipinski definition) is 4. The van der Waals surface area contributed by atoms with Crippen LogP contribution in [0.25, 0.3) is 0 Å². The zero-order valence-corrected chi connectivity index (χ0v) is 15.6. The molecule has 122 valence electrons. The van der Waals surface area contributed by atoms with Crippen LogP contribution in [0.3, 0.4) is 0 Å². The molecule has 1 unspecified atom stereocenters. The van der Waals surface area contributed by atoms with Crippen LogP contribution < -0.4 is 0 Å². The summed E-state index contributed by atoms with van der Waals surface area (Å²) in [6, 6.07) is 0. The zero-order chi connectivity index (χ0) is 16.3. The first-order valence-electron chi connectivity index (χ1n) is 7.39. The standard InChI is InChI=1S/C15H28O4P2/c1-6-18-21(17,19-7-2)15(20-16)12-11-14(5)10-8-9-13(3)4/h9,11,15H,6-8,10,12H2,1-5H3/b14-11+. The second-order valence-corrected chi connectivity index (χ2v) is 8.53. The van der Waals surface area contributed by atoms with Crippen molar-refractivity contribution in [3.05, 3.63) is 23.3 Å². The molecule has 6 heteroatoms. The topological polar surface area (TPSA) is 52.6 Å². The van der Waals surface area contributed by atoms with Crippen molar-refractivity contribution >= 4 is 16.1 Å². The SMILES string of the molecule is CCOP(=O)(OCC)C(C/C=C(\C)CCC=C(C)C)P=O. The van der Waals surface area contributed by atoms with E-state index in [4.69, 9.17) is 9.05 Å². The van der Waals surface area contributed by atoms with E-state index in [1.54, 1.807) is 13.8 Å². The summed E-state index contributed by atoms with van der Waals surface area (Å²) in [5.41, 5.74) is 2.50. The average molecular weight is 334 g/mol. The maximum absolute atomic E-state index is 12.6. The Morgan fingerprint density at radius 1 is 1.14 bits per heavy atom. The molecule has 0 spiro atoms. The van der Waals surface area contributed by atoms with E-state index in [1.807, 2.05) is 13.0 Å². The Morgan fingerprint density at radius 2 is 1.71 bits per heavy atom. The van der Waals surface area contributed by atoms with E-state index in [9.17, 15) is 9.13 Å². The lowest BCUT2D eigenvalue weighted by atomic mass is 10.1. The van der Waals surface area contributed by atoms with Crippen molar-refractivity contribution < 1.29 is 18.2 Å². The lowest BCUT2D eigenvalue weighted by molar-refractivity contribution is 0.218. The van der Waals surface area contributed by atoms with Gasteiger partial charge in [0, 0.05) is 0 Å². The number of rotatable bonds is 11. The summed E-state index contributed by atoms with van der Waals surface area (Å²) in [5.74, 6) is 0. The summed E-state index contributed by atoms with van der Waals surface area (Å²) in [4.78, 5) is 0. The van der Waals surface area contributed by atoms with Gasteiger partial charge in [-0.2, -0.15) is 0 Å². The third-order valence-corrected chi connectivity index (χ3v) is 6.64.